The van der Waals surface area contributed by atoms with Crippen LogP contribution in [0.5, 0.6) is 0 Å². The Kier molecular flexibility index (Phi) is 7.34. The van der Waals surface area contributed by atoms with Crippen LogP contribution >= 0.6 is 0 Å². The number of hydrogen-bond donors (Lipinski definition) is 2. The third-order valence-electron chi connectivity index (χ3n) is 4.54. The summed E-state index contributed by atoms with van der Waals surface area (Å²) < 4.78 is 0. The second-order valence-electron chi connectivity index (χ2n) is 6.40. The topological polar surface area (TPSA) is 81.6 Å². The van der Waals surface area contributed by atoms with E-state index in [2.05, 4.69) is 40.4 Å². The molecule has 0 spiro atoms. The monoisotopic (exact) mass is 368 g/mol. The van der Waals surface area contributed by atoms with Gasteiger partial charge in [0, 0.05) is 58.4 Å². The first-order valence-corrected chi connectivity index (χ1v) is 9.44. The van der Waals surface area contributed by atoms with Gasteiger partial charge in [-0.2, -0.15) is 0 Å². The summed E-state index contributed by atoms with van der Waals surface area (Å²) in [6.45, 7) is 6.69. The molecular formula is C19H28N8. The Labute approximate surface area is 160 Å². The molecule has 1 aliphatic rings. The average Bonchev–Trinajstić information content (AvgIpc) is 2.75. The van der Waals surface area contributed by atoms with Gasteiger partial charge in [-0.05, 0) is 31.2 Å². The fourth-order valence-corrected chi connectivity index (χ4v) is 3.03. The Morgan fingerprint density at radius 3 is 2.48 bits per heavy atom. The van der Waals surface area contributed by atoms with Crippen molar-refractivity contribution >= 4 is 11.9 Å². The van der Waals surface area contributed by atoms with Crippen molar-refractivity contribution in [2.24, 2.45) is 4.99 Å². The molecule has 1 aliphatic heterocycles. The van der Waals surface area contributed by atoms with Crippen LogP contribution in [-0.2, 0) is 6.54 Å². The van der Waals surface area contributed by atoms with Crippen molar-refractivity contribution in [1.82, 2.24) is 30.5 Å². The summed E-state index contributed by atoms with van der Waals surface area (Å²) in [5.41, 5.74) is 1.00. The summed E-state index contributed by atoms with van der Waals surface area (Å²) in [7, 11) is 1.79. The van der Waals surface area contributed by atoms with Gasteiger partial charge in [-0.3, -0.25) is 14.9 Å². The Morgan fingerprint density at radius 1 is 1.00 bits per heavy atom. The summed E-state index contributed by atoms with van der Waals surface area (Å²) >= 11 is 0. The summed E-state index contributed by atoms with van der Waals surface area (Å²) in [6.07, 6.45) is 6.48. The molecule has 2 aromatic heterocycles. The molecule has 3 heterocycles. The first kappa shape index (κ1) is 19.0. The summed E-state index contributed by atoms with van der Waals surface area (Å²) in [5.74, 6) is 1.65. The van der Waals surface area contributed by atoms with E-state index in [4.69, 9.17) is 0 Å². The highest BCUT2D eigenvalue weighted by atomic mass is 15.3. The number of guanidine groups is 1. The minimum Gasteiger partial charge on any atom is -0.356 e. The molecule has 1 fully saturated rings. The number of aliphatic imine (C=N–C) groups is 1. The van der Waals surface area contributed by atoms with E-state index in [1.54, 1.807) is 25.6 Å². The lowest BCUT2D eigenvalue weighted by Crippen LogP contribution is -2.47. The molecule has 144 valence electrons. The molecular weight excluding hydrogens is 340 g/mol. The molecule has 8 nitrogen and oxygen atoms in total. The van der Waals surface area contributed by atoms with Crippen LogP contribution in [0.1, 0.15) is 12.1 Å². The number of rotatable bonds is 7. The highest BCUT2D eigenvalue weighted by Gasteiger charge is 2.18. The standard InChI is InChI=1S/C19H28N8/c1-20-18(25-16-17-6-2-3-7-21-17)22-10-5-11-26-12-14-27(15-13-26)19-23-8-4-9-24-19/h2-4,6-9H,5,10-16H2,1H3,(H2,20,22,25). The van der Waals surface area contributed by atoms with Gasteiger partial charge >= 0.3 is 0 Å². The number of nitrogens with one attached hydrogen (secondary N) is 2. The molecule has 0 saturated carbocycles. The minimum absolute atomic E-state index is 0.671. The maximum absolute atomic E-state index is 4.33. The van der Waals surface area contributed by atoms with Gasteiger partial charge in [-0.15, -0.1) is 0 Å². The molecule has 27 heavy (non-hydrogen) atoms. The Balaban J connectivity index is 1.30. The van der Waals surface area contributed by atoms with E-state index in [0.717, 1.165) is 63.3 Å². The van der Waals surface area contributed by atoms with Crippen LogP contribution in [-0.4, -0.2) is 72.1 Å². The molecule has 0 bridgehead atoms. The van der Waals surface area contributed by atoms with Crippen LogP contribution in [0.4, 0.5) is 5.95 Å². The van der Waals surface area contributed by atoms with Crippen molar-refractivity contribution in [3.63, 3.8) is 0 Å². The zero-order valence-corrected chi connectivity index (χ0v) is 15.9. The fraction of sp³-hybridized carbons (Fsp3) is 0.474. The van der Waals surface area contributed by atoms with Gasteiger partial charge in [0.15, 0.2) is 5.96 Å². The van der Waals surface area contributed by atoms with E-state index < -0.39 is 0 Å². The molecule has 0 radical (unpaired) electrons. The third-order valence-corrected chi connectivity index (χ3v) is 4.54. The van der Waals surface area contributed by atoms with Crippen molar-refractivity contribution in [2.75, 3.05) is 51.2 Å². The van der Waals surface area contributed by atoms with Crippen molar-refractivity contribution in [1.29, 1.82) is 0 Å². The average molecular weight is 368 g/mol. The molecule has 0 aromatic carbocycles. The molecule has 0 atom stereocenters. The molecule has 0 unspecified atom stereocenters. The molecule has 8 heteroatoms. The Hall–Kier alpha value is -2.74. The fourth-order valence-electron chi connectivity index (χ4n) is 3.03. The molecule has 3 rings (SSSR count). The predicted octanol–water partition coefficient (Wildman–Crippen LogP) is 0.749. The number of pyridine rings is 1. The van der Waals surface area contributed by atoms with E-state index in [0.29, 0.717) is 6.54 Å². The number of aromatic nitrogens is 3. The van der Waals surface area contributed by atoms with Gasteiger partial charge in [0.1, 0.15) is 0 Å². The zero-order chi connectivity index (χ0) is 18.7. The second-order valence-corrected chi connectivity index (χ2v) is 6.40. The first-order chi connectivity index (χ1) is 13.3. The quantitative estimate of drug-likeness (QED) is 0.424. The van der Waals surface area contributed by atoms with Gasteiger partial charge in [0.2, 0.25) is 5.95 Å². The van der Waals surface area contributed by atoms with Gasteiger partial charge in [0.05, 0.1) is 12.2 Å². The smallest absolute Gasteiger partial charge is 0.225 e. The molecule has 2 N–H and O–H groups in total. The summed E-state index contributed by atoms with van der Waals surface area (Å²) in [4.78, 5) is 22.0. The molecule has 0 amide bonds. The molecule has 2 aromatic rings. The normalized spacial score (nSPS) is 15.6. The van der Waals surface area contributed by atoms with E-state index in [1.807, 2.05) is 24.3 Å². The van der Waals surface area contributed by atoms with Crippen LogP contribution in [0.15, 0.2) is 47.8 Å². The van der Waals surface area contributed by atoms with Crippen molar-refractivity contribution in [3.8, 4) is 0 Å². The van der Waals surface area contributed by atoms with Crippen LogP contribution in [0.2, 0.25) is 0 Å². The first-order valence-electron chi connectivity index (χ1n) is 9.44. The zero-order valence-electron chi connectivity index (χ0n) is 15.9. The van der Waals surface area contributed by atoms with E-state index in [1.165, 1.54) is 0 Å². The number of nitrogens with zero attached hydrogens (tertiary/aromatic N) is 6. The third kappa shape index (κ3) is 6.18. The van der Waals surface area contributed by atoms with Crippen LogP contribution in [0, 0.1) is 0 Å². The van der Waals surface area contributed by atoms with Crippen molar-refractivity contribution in [3.05, 3.63) is 48.5 Å². The molecule has 0 aliphatic carbocycles. The lowest BCUT2D eigenvalue weighted by atomic mass is 10.3. The number of piperazine rings is 1. The van der Waals surface area contributed by atoms with Gasteiger partial charge < -0.3 is 15.5 Å². The lowest BCUT2D eigenvalue weighted by molar-refractivity contribution is 0.254. The lowest BCUT2D eigenvalue weighted by Gasteiger charge is -2.34. The SMILES string of the molecule is CN=C(NCCCN1CCN(c2ncccn2)CC1)NCc1ccccn1. The summed E-state index contributed by atoms with van der Waals surface area (Å²) in [5, 5.41) is 6.66. The van der Waals surface area contributed by atoms with Crippen molar-refractivity contribution < 1.29 is 0 Å². The van der Waals surface area contributed by atoms with Crippen LogP contribution in [0.25, 0.3) is 0 Å². The predicted molar refractivity (Wildman–Crippen MR) is 108 cm³/mol. The number of hydrogen-bond acceptors (Lipinski definition) is 6. The maximum Gasteiger partial charge on any atom is 0.225 e. The highest BCUT2D eigenvalue weighted by Crippen LogP contribution is 2.09. The van der Waals surface area contributed by atoms with Gasteiger partial charge in [-0.1, -0.05) is 6.07 Å². The Morgan fingerprint density at radius 2 is 1.78 bits per heavy atom. The number of anilines is 1. The Bertz CT molecular complexity index is 683. The largest absolute Gasteiger partial charge is 0.356 e. The summed E-state index contributed by atoms with van der Waals surface area (Å²) in [6, 6.07) is 7.76. The maximum atomic E-state index is 4.33. The van der Waals surface area contributed by atoms with E-state index >= 15 is 0 Å². The highest BCUT2D eigenvalue weighted by molar-refractivity contribution is 5.79. The van der Waals surface area contributed by atoms with Crippen LogP contribution in [0.3, 0.4) is 0 Å². The minimum atomic E-state index is 0.671. The van der Waals surface area contributed by atoms with E-state index in [-0.39, 0.29) is 0 Å². The van der Waals surface area contributed by atoms with Crippen LogP contribution < -0.4 is 15.5 Å². The van der Waals surface area contributed by atoms with Crippen molar-refractivity contribution in [2.45, 2.75) is 13.0 Å². The molecule has 1 saturated heterocycles. The van der Waals surface area contributed by atoms with E-state index in [9.17, 15) is 0 Å². The van der Waals surface area contributed by atoms with Gasteiger partial charge in [0.25, 0.3) is 0 Å². The second kappa shape index (κ2) is 10.4. The van der Waals surface area contributed by atoms with Gasteiger partial charge in [-0.25, -0.2) is 9.97 Å².